The number of anilines is 2. The fourth-order valence-electron chi connectivity index (χ4n) is 2.74. The molecule has 0 aliphatic carbocycles. The minimum absolute atomic E-state index is 0.228. The molecule has 3 rings (SSSR count). The van der Waals surface area contributed by atoms with Crippen molar-refractivity contribution in [1.29, 1.82) is 5.26 Å². The number of amides is 1. The Morgan fingerprint density at radius 3 is 2.76 bits per heavy atom. The number of rotatable bonds is 3. The second kappa shape index (κ2) is 7.37. The van der Waals surface area contributed by atoms with Crippen LogP contribution in [-0.4, -0.2) is 35.1 Å². The van der Waals surface area contributed by atoms with Gasteiger partial charge in [-0.15, -0.1) is 0 Å². The van der Waals surface area contributed by atoms with Crippen molar-refractivity contribution in [2.24, 2.45) is 0 Å². The van der Waals surface area contributed by atoms with E-state index >= 15 is 0 Å². The van der Waals surface area contributed by atoms with E-state index in [4.69, 9.17) is 5.26 Å². The third kappa shape index (κ3) is 3.91. The Hall–Kier alpha value is -2.18. The zero-order chi connectivity index (χ0) is 18.0. The molecule has 0 spiro atoms. The normalized spacial score (nSPS) is 16.6. The summed E-state index contributed by atoms with van der Waals surface area (Å²) in [7, 11) is 0. The molecule has 128 valence electrons. The lowest BCUT2D eigenvalue weighted by Crippen LogP contribution is -2.30. The monoisotopic (exact) mass is 451 g/mol. The smallest absolute Gasteiger partial charge is 0.256 e. The van der Waals surface area contributed by atoms with Gasteiger partial charge in [-0.25, -0.2) is 4.39 Å². The third-order valence-corrected chi connectivity index (χ3v) is 4.70. The van der Waals surface area contributed by atoms with Crippen molar-refractivity contribution in [2.45, 2.75) is 12.5 Å². The molecule has 5 nitrogen and oxygen atoms in total. The van der Waals surface area contributed by atoms with Gasteiger partial charge in [-0.2, -0.15) is 5.26 Å². The van der Waals surface area contributed by atoms with E-state index in [-0.39, 0.29) is 18.1 Å². The maximum atomic E-state index is 14.1. The molecule has 1 atom stereocenters. The Balaban J connectivity index is 1.96. The topological polar surface area (TPSA) is 76.4 Å². The molecule has 1 saturated heterocycles. The molecular weight excluding hydrogens is 436 g/mol. The van der Waals surface area contributed by atoms with Crippen LogP contribution in [0.4, 0.5) is 15.8 Å². The van der Waals surface area contributed by atoms with Crippen LogP contribution in [0.3, 0.4) is 0 Å². The van der Waals surface area contributed by atoms with Crippen LogP contribution in [0.2, 0.25) is 0 Å². The van der Waals surface area contributed by atoms with Gasteiger partial charge >= 0.3 is 0 Å². The minimum Gasteiger partial charge on any atom is -0.391 e. The average Bonchev–Trinajstić information content (AvgIpc) is 3.03. The number of nitriles is 1. The zero-order valence-corrected chi connectivity index (χ0v) is 15.3. The van der Waals surface area contributed by atoms with Crippen LogP contribution in [0, 0.1) is 20.7 Å². The maximum absolute atomic E-state index is 14.1. The van der Waals surface area contributed by atoms with Gasteiger partial charge in [0.15, 0.2) is 0 Å². The maximum Gasteiger partial charge on any atom is 0.256 e. The molecule has 2 aromatic rings. The van der Waals surface area contributed by atoms with Crippen molar-refractivity contribution in [3.8, 4) is 6.07 Å². The number of nitrogens with one attached hydrogen (secondary N) is 1. The van der Waals surface area contributed by atoms with E-state index in [9.17, 15) is 14.3 Å². The standard InChI is InChI=1S/C18H15FIN3O2/c19-15-8-12(20)2-4-16(15)22-17-7-11(9-21)1-3-14(17)18(25)23-6-5-13(24)10-23/h1-4,7-8,13,22,24H,5-6,10H2/t13-/m0/s1. The molecule has 1 aliphatic heterocycles. The van der Waals surface area contributed by atoms with Gasteiger partial charge in [-0.05, 0) is 65.4 Å². The highest BCUT2D eigenvalue weighted by molar-refractivity contribution is 14.1. The molecule has 0 radical (unpaired) electrons. The fourth-order valence-corrected chi connectivity index (χ4v) is 3.19. The Morgan fingerprint density at radius 2 is 2.12 bits per heavy atom. The summed E-state index contributed by atoms with van der Waals surface area (Å²) in [5.74, 6) is -0.696. The Kier molecular flexibility index (Phi) is 5.20. The molecule has 1 aliphatic rings. The number of hydrogen-bond acceptors (Lipinski definition) is 4. The number of β-amino-alcohol motifs (C(OH)–C–C–N with tert-alkyl or cyclic N) is 1. The number of nitrogens with zero attached hydrogens (tertiary/aromatic N) is 2. The zero-order valence-electron chi connectivity index (χ0n) is 13.2. The van der Waals surface area contributed by atoms with Crippen molar-refractivity contribution < 1.29 is 14.3 Å². The number of aliphatic hydroxyl groups excluding tert-OH is 1. The summed E-state index contributed by atoms with van der Waals surface area (Å²) in [6.45, 7) is 0.744. The van der Waals surface area contributed by atoms with Crippen LogP contribution in [0.25, 0.3) is 0 Å². The third-order valence-electron chi connectivity index (χ3n) is 4.03. The number of hydrogen-bond donors (Lipinski definition) is 2. The van der Waals surface area contributed by atoms with E-state index in [1.165, 1.54) is 12.1 Å². The van der Waals surface area contributed by atoms with Crippen LogP contribution in [-0.2, 0) is 0 Å². The van der Waals surface area contributed by atoms with E-state index in [0.29, 0.717) is 29.8 Å². The Bertz CT molecular complexity index is 866. The van der Waals surface area contributed by atoms with Crippen molar-refractivity contribution >= 4 is 39.9 Å². The second-order valence-electron chi connectivity index (χ2n) is 5.82. The summed E-state index contributed by atoms with van der Waals surface area (Å²) in [5, 5.41) is 21.7. The summed E-state index contributed by atoms with van der Waals surface area (Å²) in [6.07, 6.45) is 0.0173. The van der Waals surface area contributed by atoms with Crippen molar-refractivity contribution in [1.82, 2.24) is 4.90 Å². The molecule has 0 aromatic heterocycles. The summed E-state index contributed by atoms with van der Waals surface area (Å²) in [4.78, 5) is 14.3. The summed E-state index contributed by atoms with van der Waals surface area (Å²) in [6, 6.07) is 11.4. The predicted octanol–water partition coefficient (Wildman–Crippen LogP) is 3.25. The number of carbonyl (C=O) groups is 1. The molecule has 7 heteroatoms. The van der Waals surface area contributed by atoms with Crippen LogP contribution in [0.15, 0.2) is 36.4 Å². The SMILES string of the molecule is N#Cc1ccc(C(=O)N2CC[C@H](O)C2)c(Nc2ccc(I)cc2F)c1. The quantitative estimate of drug-likeness (QED) is 0.703. The molecule has 2 N–H and O–H groups in total. The average molecular weight is 451 g/mol. The molecule has 25 heavy (non-hydrogen) atoms. The molecular formula is C18H15FIN3O2. The van der Waals surface area contributed by atoms with Crippen molar-refractivity contribution in [3.63, 3.8) is 0 Å². The van der Waals surface area contributed by atoms with Crippen LogP contribution < -0.4 is 5.32 Å². The molecule has 1 amide bonds. The lowest BCUT2D eigenvalue weighted by molar-refractivity contribution is 0.0766. The summed E-state index contributed by atoms with van der Waals surface area (Å²) in [5.41, 5.74) is 1.30. The van der Waals surface area contributed by atoms with Gasteiger partial charge < -0.3 is 15.3 Å². The Morgan fingerprint density at radius 1 is 1.32 bits per heavy atom. The number of likely N-dealkylation sites (tertiary alicyclic amines) is 1. The first-order chi connectivity index (χ1) is 12.0. The minimum atomic E-state index is -0.521. The molecule has 0 bridgehead atoms. The summed E-state index contributed by atoms with van der Waals surface area (Å²) < 4.78 is 14.9. The first kappa shape index (κ1) is 17.6. The van der Waals surface area contributed by atoms with E-state index < -0.39 is 11.9 Å². The van der Waals surface area contributed by atoms with Gasteiger partial charge in [0.25, 0.3) is 5.91 Å². The molecule has 0 unspecified atom stereocenters. The first-order valence-corrected chi connectivity index (χ1v) is 8.79. The largest absolute Gasteiger partial charge is 0.391 e. The van der Waals surface area contributed by atoms with Gasteiger partial charge in [0, 0.05) is 16.7 Å². The van der Waals surface area contributed by atoms with Gasteiger partial charge in [0.05, 0.1) is 34.7 Å². The summed E-state index contributed by atoms with van der Waals surface area (Å²) >= 11 is 2.01. The van der Waals surface area contributed by atoms with E-state index in [1.807, 2.05) is 28.7 Å². The number of halogens is 2. The van der Waals surface area contributed by atoms with Gasteiger partial charge in [0.2, 0.25) is 0 Å². The lowest BCUT2D eigenvalue weighted by atomic mass is 10.1. The lowest BCUT2D eigenvalue weighted by Gasteiger charge is -2.19. The fraction of sp³-hybridized carbons (Fsp3) is 0.222. The van der Waals surface area contributed by atoms with Gasteiger partial charge in [-0.1, -0.05) is 0 Å². The predicted molar refractivity (Wildman–Crippen MR) is 100 cm³/mol. The highest BCUT2D eigenvalue weighted by Crippen LogP contribution is 2.27. The highest BCUT2D eigenvalue weighted by atomic mass is 127. The van der Waals surface area contributed by atoms with Crippen molar-refractivity contribution in [2.75, 3.05) is 18.4 Å². The first-order valence-electron chi connectivity index (χ1n) is 7.71. The molecule has 1 fully saturated rings. The highest BCUT2D eigenvalue weighted by Gasteiger charge is 2.27. The number of aliphatic hydroxyl groups is 1. The van der Waals surface area contributed by atoms with E-state index in [0.717, 1.165) is 3.57 Å². The van der Waals surface area contributed by atoms with Crippen LogP contribution in [0.5, 0.6) is 0 Å². The molecule has 0 saturated carbocycles. The van der Waals surface area contributed by atoms with Crippen LogP contribution >= 0.6 is 22.6 Å². The van der Waals surface area contributed by atoms with E-state index in [1.54, 1.807) is 29.2 Å². The van der Waals surface area contributed by atoms with E-state index in [2.05, 4.69) is 5.32 Å². The molecule has 2 aromatic carbocycles. The second-order valence-corrected chi connectivity index (χ2v) is 7.06. The Labute approximate surface area is 158 Å². The van der Waals surface area contributed by atoms with Gasteiger partial charge in [0.1, 0.15) is 5.82 Å². The van der Waals surface area contributed by atoms with Crippen molar-refractivity contribution in [3.05, 3.63) is 56.9 Å². The molecule has 1 heterocycles. The number of benzene rings is 2. The van der Waals surface area contributed by atoms with Crippen LogP contribution in [0.1, 0.15) is 22.3 Å². The van der Waals surface area contributed by atoms with Gasteiger partial charge in [-0.3, -0.25) is 4.79 Å². The number of carbonyl (C=O) groups excluding carboxylic acids is 1.